The molecule has 0 rings (SSSR count). The molecular weight excluding hydrogens is 187 g/mol. The number of hydrogen-bond acceptors (Lipinski definition) is 3. The van der Waals surface area contributed by atoms with Gasteiger partial charge in [0.25, 0.3) is 0 Å². The van der Waals surface area contributed by atoms with Crippen LogP contribution in [-0.2, 0) is 4.74 Å². The normalized spacial score (nSPS) is 17.1. The summed E-state index contributed by atoms with van der Waals surface area (Å²) in [5.41, 5.74) is 5.26. The molecule has 0 aromatic carbocycles. The van der Waals surface area contributed by atoms with Crippen LogP contribution in [-0.4, -0.2) is 36.6 Å². The zero-order chi connectivity index (χ0) is 10.5. The summed E-state index contributed by atoms with van der Waals surface area (Å²) < 4.78 is 40.0. The maximum atomic E-state index is 11.8. The van der Waals surface area contributed by atoms with E-state index in [4.69, 9.17) is 10.8 Å². The molecule has 0 aliphatic rings. The molecule has 2 atom stereocenters. The van der Waals surface area contributed by atoms with Gasteiger partial charge < -0.3 is 15.6 Å². The highest BCUT2D eigenvalue weighted by Crippen LogP contribution is 2.22. The molecule has 6 heteroatoms. The van der Waals surface area contributed by atoms with Gasteiger partial charge in [0, 0.05) is 12.6 Å². The van der Waals surface area contributed by atoms with Gasteiger partial charge in [0.2, 0.25) is 0 Å². The molecule has 13 heavy (non-hydrogen) atoms. The van der Waals surface area contributed by atoms with Crippen molar-refractivity contribution in [3.05, 3.63) is 0 Å². The first-order valence-corrected chi connectivity index (χ1v) is 3.92. The van der Waals surface area contributed by atoms with Gasteiger partial charge in [-0.1, -0.05) is 0 Å². The van der Waals surface area contributed by atoms with Crippen molar-refractivity contribution in [1.82, 2.24) is 0 Å². The van der Waals surface area contributed by atoms with Gasteiger partial charge in [-0.25, -0.2) is 0 Å². The maximum absolute atomic E-state index is 11.8. The molecule has 0 aliphatic carbocycles. The molecule has 3 N–H and O–H groups in total. The van der Waals surface area contributed by atoms with E-state index in [9.17, 15) is 13.2 Å². The fourth-order valence-corrected chi connectivity index (χ4v) is 0.582. The molecule has 0 aromatic rings. The van der Waals surface area contributed by atoms with Crippen molar-refractivity contribution in [3.8, 4) is 0 Å². The van der Waals surface area contributed by atoms with Gasteiger partial charge in [0.1, 0.15) is 0 Å². The van der Waals surface area contributed by atoms with E-state index in [1.54, 1.807) is 0 Å². The van der Waals surface area contributed by atoms with E-state index < -0.39 is 18.3 Å². The molecule has 3 nitrogen and oxygen atoms in total. The molecule has 0 aliphatic heterocycles. The third kappa shape index (κ3) is 5.84. The van der Waals surface area contributed by atoms with E-state index in [2.05, 4.69) is 4.74 Å². The van der Waals surface area contributed by atoms with Crippen LogP contribution in [0, 0.1) is 0 Å². The van der Waals surface area contributed by atoms with Gasteiger partial charge >= 0.3 is 6.18 Å². The number of aliphatic hydroxyl groups excluding tert-OH is 1. The number of rotatable bonds is 5. The summed E-state index contributed by atoms with van der Waals surface area (Å²) in [6.45, 7) is 0.594. The van der Waals surface area contributed by atoms with E-state index in [0.717, 1.165) is 6.92 Å². The molecule has 80 valence electrons. The third-order valence-corrected chi connectivity index (χ3v) is 1.55. The van der Waals surface area contributed by atoms with Crippen LogP contribution in [0.4, 0.5) is 13.2 Å². The van der Waals surface area contributed by atoms with E-state index in [1.807, 2.05) is 0 Å². The van der Waals surface area contributed by atoms with Crippen LogP contribution in [0.5, 0.6) is 0 Å². The van der Waals surface area contributed by atoms with E-state index in [0.29, 0.717) is 0 Å². The Kier molecular flexibility index (Phi) is 5.27. The SMILES string of the molecule is CC(OCCC(N)CO)C(F)(F)F. The first-order valence-electron chi connectivity index (χ1n) is 3.92. The molecule has 0 radical (unpaired) electrons. The molecule has 2 unspecified atom stereocenters. The largest absolute Gasteiger partial charge is 0.414 e. The number of ether oxygens (including phenoxy) is 1. The quantitative estimate of drug-likeness (QED) is 0.687. The minimum Gasteiger partial charge on any atom is -0.395 e. The molecular formula is C7H14F3NO2. The second-order valence-corrected chi connectivity index (χ2v) is 2.79. The predicted molar refractivity (Wildman–Crippen MR) is 41.1 cm³/mol. The van der Waals surface area contributed by atoms with Crippen LogP contribution in [0.2, 0.25) is 0 Å². The average Bonchev–Trinajstić information content (AvgIpc) is 2.02. The minimum atomic E-state index is -4.33. The van der Waals surface area contributed by atoms with Gasteiger partial charge in [-0.2, -0.15) is 13.2 Å². The first-order chi connectivity index (χ1) is 5.88. The van der Waals surface area contributed by atoms with Gasteiger partial charge in [0.15, 0.2) is 6.10 Å². The monoisotopic (exact) mass is 201 g/mol. The average molecular weight is 201 g/mol. The van der Waals surface area contributed by atoms with Crippen molar-refractivity contribution in [2.24, 2.45) is 5.73 Å². The summed E-state index contributed by atoms with van der Waals surface area (Å²) in [4.78, 5) is 0. The van der Waals surface area contributed by atoms with Crippen molar-refractivity contribution in [1.29, 1.82) is 0 Å². The van der Waals surface area contributed by atoms with Crippen LogP contribution < -0.4 is 5.73 Å². The van der Waals surface area contributed by atoms with Crippen LogP contribution in [0.3, 0.4) is 0 Å². The Bertz CT molecular complexity index is 140. The molecule has 0 saturated heterocycles. The molecule has 0 fully saturated rings. The summed E-state index contributed by atoms with van der Waals surface area (Å²) in [6.07, 6.45) is -5.89. The van der Waals surface area contributed by atoms with Gasteiger partial charge in [-0.3, -0.25) is 0 Å². The van der Waals surface area contributed by atoms with Crippen LogP contribution in [0.25, 0.3) is 0 Å². The third-order valence-electron chi connectivity index (χ3n) is 1.55. The number of halogens is 3. The summed E-state index contributed by atoms with van der Waals surface area (Å²) in [7, 11) is 0. The number of nitrogens with two attached hydrogens (primary N) is 1. The summed E-state index contributed by atoms with van der Waals surface area (Å²) >= 11 is 0. The second-order valence-electron chi connectivity index (χ2n) is 2.79. The van der Waals surface area contributed by atoms with E-state index >= 15 is 0 Å². The van der Waals surface area contributed by atoms with Crippen molar-refractivity contribution >= 4 is 0 Å². The van der Waals surface area contributed by atoms with Crippen LogP contribution in [0.1, 0.15) is 13.3 Å². The Morgan fingerprint density at radius 3 is 2.38 bits per heavy atom. The molecule has 0 aromatic heterocycles. The number of alkyl halides is 3. The van der Waals surface area contributed by atoms with E-state index in [1.165, 1.54) is 0 Å². The Balaban J connectivity index is 3.54. The van der Waals surface area contributed by atoms with Gasteiger partial charge in [0.05, 0.1) is 6.61 Å². The fourth-order valence-electron chi connectivity index (χ4n) is 0.582. The highest BCUT2D eigenvalue weighted by atomic mass is 19.4. The van der Waals surface area contributed by atoms with Crippen molar-refractivity contribution in [2.45, 2.75) is 31.7 Å². The van der Waals surface area contributed by atoms with Crippen molar-refractivity contribution in [2.75, 3.05) is 13.2 Å². The highest BCUT2D eigenvalue weighted by molar-refractivity contribution is 4.62. The van der Waals surface area contributed by atoms with Crippen molar-refractivity contribution < 1.29 is 23.0 Å². The molecule has 0 heterocycles. The molecule has 0 spiro atoms. The lowest BCUT2D eigenvalue weighted by molar-refractivity contribution is -0.214. The Morgan fingerprint density at radius 2 is 2.00 bits per heavy atom. The predicted octanol–water partition coefficient (Wildman–Crippen LogP) is 0.663. The lowest BCUT2D eigenvalue weighted by atomic mass is 10.2. The summed E-state index contributed by atoms with van der Waals surface area (Å²) in [6, 6.07) is -0.513. The second kappa shape index (κ2) is 5.41. The lowest BCUT2D eigenvalue weighted by Crippen LogP contribution is -2.31. The summed E-state index contributed by atoms with van der Waals surface area (Å²) in [5, 5.41) is 8.46. The first kappa shape index (κ1) is 12.7. The number of aliphatic hydroxyl groups is 1. The molecule has 0 bridgehead atoms. The fraction of sp³-hybridized carbons (Fsp3) is 1.00. The zero-order valence-electron chi connectivity index (χ0n) is 7.34. The lowest BCUT2D eigenvalue weighted by Gasteiger charge is -2.17. The highest BCUT2D eigenvalue weighted by Gasteiger charge is 2.36. The van der Waals surface area contributed by atoms with E-state index in [-0.39, 0.29) is 19.6 Å². The smallest absolute Gasteiger partial charge is 0.395 e. The van der Waals surface area contributed by atoms with Crippen LogP contribution in [0.15, 0.2) is 0 Å². The number of hydrogen-bond donors (Lipinski definition) is 2. The maximum Gasteiger partial charge on any atom is 0.414 e. The topological polar surface area (TPSA) is 55.5 Å². The molecule has 0 saturated carbocycles. The Labute approximate surface area is 74.7 Å². The van der Waals surface area contributed by atoms with Gasteiger partial charge in [-0.15, -0.1) is 0 Å². The minimum absolute atomic E-state index is 0.0948. The molecule has 0 amide bonds. The van der Waals surface area contributed by atoms with Crippen molar-refractivity contribution in [3.63, 3.8) is 0 Å². The summed E-state index contributed by atoms with van der Waals surface area (Å²) in [5.74, 6) is 0. The zero-order valence-corrected chi connectivity index (χ0v) is 7.34. The Hall–Kier alpha value is -0.330. The Morgan fingerprint density at radius 1 is 1.46 bits per heavy atom. The standard InChI is InChI=1S/C7H14F3NO2/c1-5(7(8,9)10)13-3-2-6(11)4-12/h5-6,12H,2-4,11H2,1H3. The van der Waals surface area contributed by atoms with Gasteiger partial charge in [-0.05, 0) is 13.3 Å². The van der Waals surface area contributed by atoms with Crippen LogP contribution >= 0.6 is 0 Å².